The zero-order chi connectivity index (χ0) is 19.5. The van der Waals surface area contributed by atoms with Gasteiger partial charge in [-0.15, -0.1) is 0 Å². The van der Waals surface area contributed by atoms with Crippen molar-refractivity contribution in [3.05, 3.63) is 94.5 Å². The predicted octanol–water partition coefficient (Wildman–Crippen LogP) is 4.83. The molecule has 0 aliphatic carbocycles. The van der Waals surface area contributed by atoms with E-state index in [0.717, 1.165) is 5.56 Å². The molecule has 4 aromatic rings. The number of nitrogens with zero attached hydrogens (tertiary/aromatic N) is 2. The lowest BCUT2D eigenvalue weighted by atomic mass is 10.2. The van der Waals surface area contributed by atoms with Crippen LogP contribution >= 0.6 is 11.8 Å². The third kappa shape index (κ3) is 3.51. The van der Waals surface area contributed by atoms with Crippen molar-refractivity contribution in [2.24, 2.45) is 0 Å². The molecular formula is C22H17FN2O2S. The Labute approximate surface area is 165 Å². The van der Waals surface area contributed by atoms with Gasteiger partial charge in [-0.1, -0.05) is 48.2 Å². The van der Waals surface area contributed by atoms with Crippen LogP contribution < -0.4 is 10.3 Å². The number of hydrogen-bond acceptors (Lipinski definition) is 4. The number of para-hydroxylation sites is 3. The molecule has 0 aliphatic rings. The number of thioether (sulfide) groups is 1. The summed E-state index contributed by atoms with van der Waals surface area (Å²) in [6, 6.07) is 20.9. The minimum atomic E-state index is -0.275. The van der Waals surface area contributed by atoms with Crippen molar-refractivity contribution in [1.82, 2.24) is 9.55 Å². The summed E-state index contributed by atoms with van der Waals surface area (Å²) in [6.07, 6.45) is 0. The van der Waals surface area contributed by atoms with E-state index in [1.807, 2.05) is 42.5 Å². The van der Waals surface area contributed by atoms with Crippen molar-refractivity contribution in [2.45, 2.75) is 10.9 Å². The van der Waals surface area contributed by atoms with Gasteiger partial charge < -0.3 is 4.74 Å². The first-order valence-electron chi connectivity index (χ1n) is 8.70. The van der Waals surface area contributed by atoms with E-state index in [1.54, 1.807) is 29.9 Å². The van der Waals surface area contributed by atoms with Crippen molar-refractivity contribution in [1.29, 1.82) is 0 Å². The fourth-order valence-corrected chi connectivity index (χ4v) is 3.93. The summed E-state index contributed by atoms with van der Waals surface area (Å²) < 4.78 is 20.2. The SMILES string of the molecule is COc1ccccc1-n1c(SCc2ccc(F)cc2)nc2ccccc2c1=O. The Hall–Kier alpha value is -3.12. The highest BCUT2D eigenvalue weighted by molar-refractivity contribution is 7.98. The Bertz CT molecular complexity index is 1190. The molecule has 28 heavy (non-hydrogen) atoms. The monoisotopic (exact) mass is 392 g/mol. The van der Waals surface area contributed by atoms with Crippen LogP contribution in [-0.4, -0.2) is 16.7 Å². The fraction of sp³-hybridized carbons (Fsp3) is 0.0909. The van der Waals surface area contributed by atoms with E-state index in [4.69, 9.17) is 9.72 Å². The topological polar surface area (TPSA) is 44.1 Å². The Morgan fingerprint density at radius 1 is 1.00 bits per heavy atom. The van der Waals surface area contributed by atoms with Crippen LogP contribution in [0.3, 0.4) is 0 Å². The second-order valence-corrected chi connectivity index (χ2v) is 7.08. The molecule has 0 spiro atoms. The van der Waals surface area contributed by atoms with Crippen LogP contribution in [0.1, 0.15) is 5.56 Å². The summed E-state index contributed by atoms with van der Waals surface area (Å²) in [4.78, 5) is 18.0. The standard InChI is InChI=1S/C22H17FN2O2S/c1-27-20-9-5-4-8-19(20)25-21(26)17-6-2-3-7-18(17)24-22(25)28-14-15-10-12-16(23)13-11-15/h2-13H,14H2,1H3. The number of ether oxygens (including phenoxy) is 1. The Morgan fingerprint density at radius 3 is 2.50 bits per heavy atom. The molecular weight excluding hydrogens is 375 g/mol. The number of rotatable bonds is 5. The van der Waals surface area contributed by atoms with Crippen molar-refractivity contribution in [3.63, 3.8) is 0 Å². The van der Waals surface area contributed by atoms with Crippen LogP contribution in [0.2, 0.25) is 0 Å². The van der Waals surface area contributed by atoms with Gasteiger partial charge in [0, 0.05) is 5.75 Å². The lowest BCUT2D eigenvalue weighted by Gasteiger charge is -2.15. The van der Waals surface area contributed by atoms with Gasteiger partial charge in [0.25, 0.3) is 5.56 Å². The summed E-state index contributed by atoms with van der Waals surface area (Å²) in [5.74, 6) is 0.869. The lowest BCUT2D eigenvalue weighted by molar-refractivity contribution is 0.411. The largest absolute Gasteiger partial charge is 0.495 e. The molecule has 0 amide bonds. The quantitative estimate of drug-likeness (QED) is 0.361. The average molecular weight is 392 g/mol. The summed E-state index contributed by atoms with van der Waals surface area (Å²) >= 11 is 1.42. The third-order valence-corrected chi connectivity index (χ3v) is 5.36. The van der Waals surface area contributed by atoms with Crippen LogP contribution in [0, 0.1) is 5.82 Å². The zero-order valence-electron chi connectivity index (χ0n) is 15.1. The van der Waals surface area contributed by atoms with Gasteiger partial charge in [-0.2, -0.15) is 0 Å². The average Bonchev–Trinajstić information content (AvgIpc) is 2.73. The first-order valence-corrected chi connectivity index (χ1v) is 9.68. The molecule has 1 aromatic heterocycles. The molecule has 3 aromatic carbocycles. The van der Waals surface area contributed by atoms with Gasteiger partial charge >= 0.3 is 0 Å². The smallest absolute Gasteiger partial charge is 0.266 e. The van der Waals surface area contributed by atoms with E-state index < -0.39 is 0 Å². The maximum Gasteiger partial charge on any atom is 0.266 e. The highest BCUT2D eigenvalue weighted by atomic mass is 32.2. The first-order chi connectivity index (χ1) is 13.7. The number of methoxy groups -OCH3 is 1. The Kier molecular flexibility index (Phi) is 5.12. The molecule has 0 bridgehead atoms. The molecule has 0 saturated carbocycles. The van der Waals surface area contributed by atoms with Crippen molar-refractivity contribution < 1.29 is 9.13 Å². The molecule has 0 fully saturated rings. The molecule has 0 unspecified atom stereocenters. The summed E-state index contributed by atoms with van der Waals surface area (Å²) in [5.41, 5.74) is 2.06. The van der Waals surface area contributed by atoms with Gasteiger partial charge in [0.05, 0.1) is 23.7 Å². The summed E-state index contributed by atoms with van der Waals surface area (Å²) in [7, 11) is 1.57. The molecule has 0 saturated heterocycles. The van der Waals surface area contributed by atoms with Crippen LogP contribution in [0.5, 0.6) is 5.75 Å². The second-order valence-electron chi connectivity index (χ2n) is 6.14. The number of aromatic nitrogens is 2. The molecule has 0 aliphatic heterocycles. The van der Waals surface area contributed by atoms with E-state index in [9.17, 15) is 9.18 Å². The fourth-order valence-electron chi connectivity index (χ4n) is 2.96. The van der Waals surface area contributed by atoms with E-state index >= 15 is 0 Å². The molecule has 4 rings (SSSR count). The molecule has 140 valence electrons. The molecule has 0 atom stereocenters. The van der Waals surface area contributed by atoms with Gasteiger partial charge in [-0.3, -0.25) is 9.36 Å². The van der Waals surface area contributed by atoms with Crippen molar-refractivity contribution >= 4 is 22.7 Å². The van der Waals surface area contributed by atoms with Crippen LogP contribution in [0.25, 0.3) is 16.6 Å². The van der Waals surface area contributed by atoms with Crippen LogP contribution in [0.4, 0.5) is 4.39 Å². The van der Waals surface area contributed by atoms with Gasteiger partial charge in [-0.25, -0.2) is 9.37 Å². The normalized spacial score (nSPS) is 10.9. The van der Waals surface area contributed by atoms with E-state index in [-0.39, 0.29) is 11.4 Å². The Balaban J connectivity index is 1.86. The first kappa shape index (κ1) is 18.3. The summed E-state index contributed by atoms with van der Waals surface area (Å²) in [6.45, 7) is 0. The van der Waals surface area contributed by atoms with Gasteiger partial charge in [0.15, 0.2) is 5.16 Å². The number of halogens is 1. The van der Waals surface area contributed by atoms with Crippen LogP contribution in [0.15, 0.2) is 82.7 Å². The van der Waals surface area contributed by atoms with Crippen LogP contribution in [-0.2, 0) is 5.75 Å². The molecule has 0 N–H and O–H groups in total. The number of fused-ring (bicyclic) bond motifs is 1. The predicted molar refractivity (Wildman–Crippen MR) is 110 cm³/mol. The second kappa shape index (κ2) is 7.86. The highest BCUT2D eigenvalue weighted by Crippen LogP contribution is 2.28. The summed E-state index contributed by atoms with van der Waals surface area (Å²) in [5, 5.41) is 1.09. The highest BCUT2D eigenvalue weighted by Gasteiger charge is 2.16. The number of hydrogen-bond donors (Lipinski definition) is 0. The maximum absolute atomic E-state index is 13.3. The number of benzene rings is 3. The molecule has 4 nitrogen and oxygen atoms in total. The maximum atomic E-state index is 13.3. The van der Waals surface area contributed by atoms with E-state index in [2.05, 4.69) is 0 Å². The lowest BCUT2D eigenvalue weighted by Crippen LogP contribution is -2.22. The molecule has 6 heteroatoms. The van der Waals surface area contributed by atoms with Gasteiger partial charge in [0.1, 0.15) is 11.6 Å². The minimum Gasteiger partial charge on any atom is -0.495 e. The van der Waals surface area contributed by atoms with E-state index in [0.29, 0.717) is 33.2 Å². The van der Waals surface area contributed by atoms with Gasteiger partial charge in [0.2, 0.25) is 0 Å². The zero-order valence-corrected chi connectivity index (χ0v) is 15.9. The molecule has 1 heterocycles. The minimum absolute atomic E-state index is 0.156. The Morgan fingerprint density at radius 2 is 1.71 bits per heavy atom. The third-order valence-electron chi connectivity index (χ3n) is 4.35. The molecule has 0 radical (unpaired) electrons. The van der Waals surface area contributed by atoms with E-state index in [1.165, 1.54) is 23.9 Å². The van der Waals surface area contributed by atoms with Gasteiger partial charge in [-0.05, 0) is 42.0 Å². The van der Waals surface area contributed by atoms with Crippen molar-refractivity contribution in [3.8, 4) is 11.4 Å². The van der Waals surface area contributed by atoms with Crippen molar-refractivity contribution in [2.75, 3.05) is 7.11 Å².